The van der Waals surface area contributed by atoms with Gasteiger partial charge in [0.2, 0.25) is 5.91 Å². The molecule has 3 heteroatoms. The molecule has 1 saturated heterocycles. The van der Waals surface area contributed by atoms with Crippen molar-refractivity contribution in [3.8, 4) is 12.3 Å². The van der Waals surface area contributed by atoms with Gasteiger partial charge in [-0.25, -0.2) is 0 Å². The number of carbonyl (C=O) groups is 1. The molecule has 0 unspecified atom stereocenters. The van der Waals surface area contributed by atoms with Gasteiger partial charge in [-0.1, -0.05) is 0 Å². The molecule has 0 aromatic rings. The predicted octanol–water partition coefficient (Wildman–Crippen LogP) is 0.126. The molecule has 2 N–H and O–H groups in total. The highest BCUT2D eigenvalue weighted by Gasteiger charge is 2.19. The van der Waals surface area contributed by atoms with Crippen molar-refractivity contribution in [2.45, 2.75) is 19.3 Å². The summed E-state index contributed by atoms with van der Waals surface area (Å²) in [6.07, 6.45) is 7.78. The van der Waals surface area contributed by atoms with Gasteiger partial charge in [-0.3, -0.25) is 4.79 Å². The Morgan fingerprint density at radius 3 is 3.15 bits per heavy atom. The number of amides is 1. The third-order valence-corrected chi connectivity index (χ3v) is 2.24. The molecule has 72 valence electrons. The van der Waals surface area contributed by atoms with Crippen LogP contribution in [0, 0.1) is 18.3 Å². The molecule has 0 saturated carbocycles. The Morgan fingerprint density at radius 2 is 2.54 bits per heavy atom. The average molecular weight is 180 g/mol. The lowest BCUT2D eigenvalue weighted by Crippen LogP contribution is -2.40. The molecule has 0 aromatic heterocycles. The third kappa shape index (κ3) is 3.47. The van der Waals surface area contributed by atoms with Crippen LogP contribution in [-0.2, 0) is 4.79 Å². The number of rotatable bonds is 3. The van der Waals surface area contributed by atoms with E-state index in [9.17, 15) is 4.79 Å². The molecule has 1 atom stereocenters. The Kier molecular flexibility index (Phi) is 4.34. The van der Waals surface area contributed by atoms with Crippen molar-refractivity contribution in [1.29, 1.82) is 0 Å². The molecule has 0 bridgehead atoms. The van der Waals surface area contributed by atoms with Crippen molar-refractivity contribution in [2.24, 2.45) is 5.92 Å². The van der Waals surface area contributed by atoms with Gasteiger partial charge in [0.25, 0.3) is 0 Å². The second kappa shape index (κ2) is 5.60. The molecular weight excluding hydrogens is 164 g/mol. The summed E-state index contributed by atoms with van der Waals surface area (Å²) in [7, 11) is 0. The van der Waals surface area contributed by atoms with E-state index in [4.69, 9.17) is 6.42 Å². The summed E-state index contributed by atoms with van der Waals surface area (Å²) < 4.78 is 0. The Labute approximate surface area is 79.3 Å². The number of hydrogen-bond acceptors (Lipinski definition) is 2. The molecule has 1 aliphatic heterocycles. The van der Waals surface area contributed by atoms with E-state index in [0.29, 0.717) is 13.0 Å². The summed E-state index contributed by atoms with van der Waals surface area (Å²) in [6, 6.07) is 0. The van der Waals surface area contributed by atoms with Gasteiger partial charge in [-0.2, -0.15) is 0 Å². The zero-order chi connectivity index (χ0) is 9.52. The van der Waals surface area contributed by atoms with E-state index in [2.05, 4.69) is 16.6 Å². The fourth-order valence-electron chi connectivity index (χ4n) is 1.48. The van der Waals surface area contributed by atoms with Crippen LogP contribution < -0.4 is 10.6 Å². The monoisotopic (exact) mass is 180 g/mol. The van der Waals surface area contributed by atoms with E-state index in [1.807, 2.05) is 0 Å². The molecule has 0 spiro atoms. The predicted molar refractivity (Wildman–Crippen MR) is 52.1 cm³/mol. The lowest BCUT2D eigenvalue weighted by atomic mass is 9.99. The molecular formula is C10H16N2O. The van der Waals surface area contributed by atoms with E-state index in [0.717, 1.165) is 25.9 Å². The summed E-state index contributed by atoms with van der Waals surface area (Å²) in [5.74, 6) is 2.78. The van der Waals surface area contributed by atoms with Crippen LogP contribution in [0.1, 0.15) is 19.3 Å². The molecule has 1 aliphatic rings. The van der Waals surface area contributed by atoms with Crippen LogP contribution in [0.15, 0.2) is 0 Å². The zero-order valence-corrected chi connectivity index (χ0v) is 7.81. The first-order valence-electron chi connectivity index (χ1n) is 4.76. The van der Waals surface area contributed by atoms with Gasteiger partial charge < -0.3 is 10.6 Å². The largest absolute Gasteiger partial charge is 0.355 e. The lowest BCUT2D eigenvalue weighted by Gasteiger charge is -2.21. The normalized spacial score (nSPS) is 21.9. The molecule has 1 rings (SSSR count). The van der Waals surface area contributed by atoms with Gasteiger partial charge in [-0.05, 0) is 19.4 Å². The van der Waals surface area contributed by atoms with E-state index >= 15 is 0 Å². The van der Waals surface area contributed by atoms with Gasteiger partial charge in [-0.15, -0.1) is 12.3 Å². The number of piperidine rings is 1. The number of hydrogen-bond donors (Lipinski definition) is 2. The first-order valence-corrected chi connectivity index (χ1v) is 4.76. The maximum atomic E-state index is 11.5. The molecule has 1 fully saturated rings. The minimum Gasteiger partial charge on any atom is -0.355 e. The maximum absolute atomic E-state index is 11.5. The Hall–Kier alpha value is -1.01. The van der Waals surface area contributed by atoms with Crippen LogP contribution in [-0.4, -0.2) is 25.5 Å². The lowest BCUT2D eigenvalue weighted by molar-refractivity contribution is -0.125. The summed E-state index contributed by atoms with van der Waals surface area (Å²) >= 11 is 0. The quantitative estimate of drug-likeness (QED) is 0.478. The number of carbonyl (C=O) groups excluding carboxylic acids is 1. The topological polar surface area (TPSA) is 41.1 Å². The molecule has 0 radical (unpaired) electrons. The molecule has 1 amide bonds. The molecule has 0 aliphatic carbocycles. The maximum Gasteiger partial charge on any atom is 0.224 e. The van der Waals surface area contributed by atoms with Crippen molar-refractivity contribution >= 4 is 5.91 Å². The van der Waals surface area contributed by atoms with Crippen molar-refractivity contribution in [3.63, 3.8) is 0 Å². The Balaban J connectivity index is 2.18. The van der Waals surface area contributed by atoms with Crippen molar-refractivity contribution in [1.82, 2.24) is 10.6 Å². The molecule has 13 heavy (non-hydrogen) atoms. The van der Waals surface area contributed by atoms with E-state index in [1.54, 1.807) is 0 Å². The first-order chi connectivity index (χ1) is 6.34. The van der Waals surface area contributed by atoms with Crippen LogP contribution in [0.25, 0.3) is 0 Å². The summed E-state index contributed by atoms with van der Waals surface area (Å²) in [5.41, 5.74) is 0. The Morgan fingerprint density at radius 1 is 1.69 bits per heavy atom. The first kappa shape index (κ1) is 10.1. The van der Waals surface area contributed by atoms with Crippen LogP contribution in [0.2, 0.25) is 0 Å². The summed E-state index contributed by atoms with van der Waals surface area (Å²) in [6.45, 7) is 2.45. The smallest absolute Gasteiger partial charge is 0.224 e. The number of nitrogens with one attached hydrogen (secondary N) is 2. The van der Waals surface area contributed by atoms with Crippen LogP contribution in [0.3, 0.4) is 0 Å². The average Bonchev–Trinajstić information content (AvgIpc) is 2.19. The fourth-order valence-corrected chi connectivity index (χ4v) is 1.48. The SMILES string of the molecule is C#CCCNC(=O)[C@@H]1CCCNC1. The highest BCUT2D eigenvalue weighted by Crippen LogP contribution is 2.09. The van der Waals surface area contributed by atoms with Crippen molar-refractivity contribution in [3.05, 3.63) is 0 Å². The second-order valence-electron chi connectivity index (χ2n) is 3.29. The minimum absolute atomic E-state index is 0.141. The standard InChI is InChI=1S/C10H16N2O/c1-2-3-7-12-10(13)9-5-4-6-11-8-9/h1,9,11H,3-8H2,(H,12,13)/t9-/m1/s1. The van der Waals surface area contributed by atoms with Gasteiger partial charge in [0.15, 0.2) is 0 Å². The van der Waals surface area contributed by atoms with Gasteiger partial charge >= 0.3 is 0 Å². The highest BCUT2D eigenvalue weighted by atomic mass is 16.1. The van der Waals surface area contributed by atoms with Gasteiger partial charge in [0.1, 0.15) is 0 Å². The molecule has 1 heterocycles. The minimum atomic E-state index is 0.141. The molecule has 3 nitrogen and oxygen atoms in total. The van der Waals surface area contributed by atoms with E-state index in [-0.39, 0.29) is 11.8 Å². The third-order valence-electron chi connectivity index (χ3n) is 2.24. The zero-order valence-electron chi connectivity index (χ0n) is 7.81. The van der Waals surface area contributed by atoms with E-state index in [1.165, 1.54) is 0 Å². The van der Waals surface area contributed by atoms with Gasteiger partial charge in [0.05, 0.1) is 5.92 Å². The second-order valence-corrected chi connectivity index (χ2v) is 3.29. The Bertz CT molecular complexity index is 201. The van der Waals surface area contributed by atoms with Crippen molar-refractivity contribution in [2.75, 3.05) is 19.6 Å². The highest BCUT2D eigenvalue weighted by molar-refractivity contribution is 5.78. The molecule has 0 aromatic carbocycles. The van der Waals surface area contributed by atoms with Crippen LogP contribution in [0.4, 0.5) is 0 Å². The fraction of sp³-hybridized carbons (Fsp3) is 0.700. The van der Waals surface area contributed by atoms with Crippen LogP contribution >= 0.6 is 0 Å². The van der Waals surface area contributed by atoms with Gasteiger partial charge in [0, 0.05) is 19.5 Å². The summed E-state index contributed by atoms with van der Waals surface area (Å²) in [5, 5.41) is 6.04. The summed E-state index contributed by atoms with van der Waals surface area (Å²) in [4.78, 5) is 11.5. The number of terminal acetylenes is 1. The van der Waals surface area contributed by atoms with Crippen molar-refractivity contribution < 1.29 is 4.79 Å². The van der Waals surface area contributed by atoms with Crippen LogP contribution in [0.5, 0.6) is 0 Å². The van der Waals surface area contributed by atoms with E-state index < -0.39 is 0 Å².